The van der Waals surface area contributed by atoms with E-state index in [0.29, 0.717) is 43.3 Å². The fraction of sp³-hybridized carbons (Fsp3) is 0.350. The number of nitrogens with zero attached hydrogens (tertiary/aromatic N) is 1. The molecule has 162 valence electrons. The van der Waals surface area contributed by atoms with Crippen molar-refractivity contribution in [3.8, 4) is 5.75 Å². The lowest BCUT2D eigenvalue weighted by atomic mass is 10.2. The summed E-state index contributed by atoms with van der Waals surface area (Å²) in [4.78, 5) is 14.8. The minimum absolute atomic E-state index is 0.154. The molecule has 1 aliphatic heterocycles. The average molecular weight is 545 g/mol. The molecule has 1 amide bonds. The number of ether oxygens (including phenoxy) is 2. The van der Waals surface area contributed by atoms with Gasteiger partial charge in [0.2, 0.25) is 10.0 Å². The van der Waals surface area contributed by atoms with Crippen LogP contribution in [0.5, 0.6) is 5.75 Å². The van der Waals surface area contributed by atoms with Crippen LogP contribution in [0.4, 0.5) is 5.69 Å². The van der Waals surface area contributed by atoms with Gasteiger partial charge in [0.15, 0.2) is 0 Å². The highest BCUT2D eigenvalue weighted by Crippen LogP contribution is 2.22. The number of rotatable bonds is 8. The average Bonchev–Trinajstić information content (AvgIpc) is 2.74. The third-order valence-corrected chi connectivity index (χ3v) is 6.98. The number of amides is 1. The Labute approximate surface area is 190 Å². The molecule has 0 aromatic heterocycles. The van der Waals surface area contributed by atoms with Gasteiger partial charge in [0.1, 0.15) is 5.75 Å². The second-order valence-electron chi connectivity index (χ2n) is 6.68. The Kier molecular flexibility index (Phi) is 8.06. The van der Waals surface area contributed by atoms with E-state index in [4.69, 9.17) is 9.47 Å². The lowest BCUT2D eigenvalue weighted by molar-refractivity contribution is 0.0390. The van der Waals surface area contributed by atoms with Crippen LogP contribution in [0.1, 0.15) is 10.4 Å². The van der Waals surface area contributed by atoms with Crippen molar-refractivity contribution in [2.45, 2.75) is 4.90 Å². The Balaban J connectivity index is 1.56. The van der Waals surface area contributed by atoms with E-state index in [1.54, 1.807) is 37.4 Å². The number of methoxy groups -OCH3 is 1. The summed E-state index contributed by atoms with van der Waals surface area (Å²) in [7, 11) is -2.03. The van der Waals surface area contributed by atoms with Gasteiger partial charge in [-0.25, -0.2) is 13.1 Å². The van der Waals surface area contributed by atoms with Crippen LogP contribution in [0.3, 0.4) is 0 Å². The molecule has 0 radical (unpaired) electrons. The summed E-state index contributed by atoms with van der Waals surface area (Å²) < 4.78 is 38.9. The monoisotopic (exact) mass is 545 g/mol. The normalized spacial score (nSPS) is 15.0. The summed E-state index contributed by atoms with van der Waals surface area (Å²) in [6.07, 6.45) is 0. The summed E-state index contributed by atoms with van der Waals surface area (Å²) in [5.41, 5.74) is 1.000. The molecule has 2 aromatic rings. The third kappa shape index (κ3) is 6.14. The van der Waals surface area contributed by atoms with Crippen molar-refractivity contribution in [1.29, 1.82) is 0 Å². The summed E-state index contributed by atoms with van der Waals surface area (Å²) in [5.74, 6) is 0.414. The molecule has 0 spiro atoms. The van der Waals surface area contributed by atoms with Gasteiger partial charge < -0.3 is 14.8 Å². The van der Waals surface area contributed by atoms with Gasteiger partial charge in [0.05, 0.1) is 28.8 Å². The predicted molar refractivity (Wildman–Crippen MR) is 123 cm³/mol. The van der Waals surface area contributed by atoms with Crippen LogP contribution in [-0.2, 0) is 14.8 Å². The van der Waals surface area contributed by atoms with Crippen LogP contribution in [0.2, 0.25) is 0 Å². The second-order valence-corrected chi connectivity index (χ2v) is 9.61. The number of anilines is 1. The SMILES string of the molecule is COc1ccc(C(=O)Nc2ccc(S(=O)(=O)NCCN3CCOCC3)cc2)cc1I. The molecule has 0 unspecified atom stereocenters. The topological polar surface area (TPSA) is 97.0 Å². The quantitative estimate of drug-likeness (QED) is 0.494. The van der Waals surface area contributed by atoms with Crippen molar-refractivity contribution >= 4 is 44.2 Å². The Morgan fingerprint density at radius 3 is 2.50 bits per heavy atom. The van der Waals surface area contributed by atoms with Gasteiger partial charge >= 0.3 is 0 Å². The molecule has 1 aliphatic rings. The van der Waals surface area contributed by atoms with Gasteiger partial charge in [-0.2, -0.15) is 0 Å². The Morgan fingerprint density at radius 1 is 1.17 bits per heavy atom. The second kappa shape index (κ2) is 10.5. The number of hydrogen-bond acceptors (Lipinski definition) is 6. The van der Waals surface area contributed by atoms with Crippen molar-refractivity contribution in [2.75, 3.05) is 51.8 Å². The Bertz CT molecular complexity index is 976. The molecule has 1 fully saturated rings. The molecule has 3 rings (SSSR count). The number of nitrogens with one attached hydrogen (secondary N) is 2. The summed E-state index contributed by atoms with van der Waals surface area (Å²) >= 11 is 2.10. The fourth-order valence-corrected chi connectivity index (χ4v) is 4.73. The Hall–Kier alpha value is -1.73. The number of halogens is 1. The zero-order chi connectivity index (χ0) is 21.6. The van der Waals surface area contributed by atoms with Gasteiger partial charge in [-0.05, 0) is 65.1 Å². The van der Waals surface area contributed by atoms with Crippen molar-refractivity contribution in [2.24, 2.45) is 0 Å². The number of sulfonamides is 1. The van der Waals surface area contributed by atoms with Gasteiger partial charge in [-0.1, -0.05) is 0 Å². The first-order valence-corrected chi connectivity index (χ1v) is 12.0. The maximum atomic E-state index is 12.5. The fourth-order valence-electron chi connectivity index (χ4n) is 2.97. The number of hydrogen-bond donors (Lipinski definition) is 2. The number of morpholine rings is 1. The maximum absolute atomic E-state index is 12.5. The summed E-state index contributed by atoms with van der Waals surface area (Å²) in [5, 5.41) is 2.77. The molecule has 0 saturated carbocycles. The standard InChI is InChI=1S/C20H24IN3O5S/c1-28-19-7-2-15(14-18(19)21)20(25)23-16-3-5-17(6-4-16)30(26,27)22-8-9-24-10-12-29-13-11-24/h2-7,14,22H,8-13H2,1H3,(H,23,25). The van der Waals surface area contributed by atoms with Gasteiger partial charge in [-0.3, -0.25) is 9.69 Å². The molecule has 30 heavy (non-hydrogen) atoms. The van der Waals surface area contributed by atoms with Gasteiger partial charge in [0, 0.05) is 37.4 Å². The lowest BCUT2D eigenvalue weighted by Gasteiger charge is -2.26. The summed E-state index contributed by atoms with van der Waals surface area (Å²) in [6.45, 7) is 3.94. The lowest BCUT2D eigenvalue weighted by Crippen LogP contribution is -2.41. The Morgan fingerprint density at radius 2 is 1.87 bits per heavy atom. The van der Waals surface area contributed by atoms with Crippen molar-refractivity contribution < 1.29 is 22.7 Å². The molecule has 2 N–H and O–H groups in total. The minimum atomic E-state index is -3.61. The zero-order valence-corrected chi connectivity index (χ0v) is 19.5. The molecule has 0 bridgehead atoms. The molecule has 1 saturated heterocycles. The van der Waals surface area contributed by atoms with Crippen LogP contribution in [0, 0.1) is 3.57 Å². The maximum Gasteiger partial charge on any atom is 0.255 e. The van der Waals surface area contributed by atoms with Crippen molar-refractivity contribution in [3.05, 3.63) is 51.6 Å². The predicted octanol–water partition coefficient (Wildman–Crippen LogP) is 2.16. The van der Waals surface area contributed by atoms with Crippen LogP contribution < -0.4 is 14.8 Å². The van der Waals surface area contributed by atoms with Crippen LogP contribution in [0.15, 0.2) is 47.4 Å². The minimum Gasteiger partial charge on any atom is -0.496 e. The third-order valence-electron chi connectivity index (χ3n) is 4.66. The highest BCUT2D eigenvalue weighted by Gasteiger charge is 2.16. The summed E-state index contributed by atoms with van der Waals surface area (Å²) in [6, 6.07) is 11.2. The molecule has 10 heteroatoms. The van der Waals surface area contributed by atoms with Crippen molar-refractivity contribution in [1.82, 2.24) is 9.62 Å². The zero-order valence-electron chi connectivity index (χ0n) is 16.6. The van der Waals surface area contributed by atoms with E-state index in [-0.39, 0.29) is 10.8 Å². The van der Waals surface area contributed by atoms with E-state index in [2.05, 4.69) is 37.5 Å². The van der Waals surface area contributed by atoms with Gasteiger partial charge in [-0.15, -0.1) is 0 Å². The highest BCUT2D eigenvalue weighted by atomic mass is 127. The molecule has 1 heterocycles. The number of benzene rings is 2. The molecular weight excluding hydrogens is 521 g/mol. The van der Waals surface area contributed by atoms with Gasteiger partial charge in [0.25, 0.3) is 5.91 Å². The van der Waals surface area contributed by atoms with Crippen LogP contribution >= 0.6 is 22.6 Å². The van der Waals surface area contributed by atoms with E-state index in [0.717, 1.165) is 16.7 Å². The molecule has 0 aliphatic carbocycles. The smallest absolute Gasteiger partial charge is 0.255 e. The molecule has 0 atom stereocenters. The van der Waals surface area contributed by atoms with E-state index < -0.39 is 10.0 Å². The van der Waals surface area contributed by atoms with E-state index in [1.165, 1.54) is 12.1 Å². The van der Waals surface area contributed by atoms with E-state index >= 15 is 0 Å². The molecule has 8 nitrogen and oxygen atoms in total. The van der Waals surface area contributed by atoms with Crippen molar-refractivity contribution in [3.63, 3.8) is 0 Å². The first-order valence-electron chi connectivity index (χ1n) is 9.44. The van der Waals surface area contributed by atoms with Crippen LogP contribution in [-0.4, -0.2) is 65.7 Å². The van der Waals surface area contributed by atoms with E-state index in [9.17, 15) is 13.2 Å². The largest absolute Gasteiger partial charge is 0.496 e. The number of carbonyl (C=O) groups is 1. The molecular formula is C20H24IN3O5S. The first-order chi connectivity index (χ1) is 14.4. The van der Waals surface area contributed by atoms with E-state index in [1.807, 2.05) is 0 Å². The van der Waals surface area contributed by atoms with Crippen LogP contribution in [0.25, 0.3) is 0 Å². The highest BCUT2D eigenvalue weighted by molar-refractivity contribution is 14.1. The molecule has 2 aromatic carbocycles. The number of carbonyl (C=O) groups excluding carboxylic acids is 1. The first kappa shape index (κ1) is 22.9.